The van der Waals surface area contributed by atoms with Crippen molar-refractivity contribution in [3.8, 4) is 22.8 Å². The molecule has 2 aromatic carbocycles. The normalized spacial score (nSPS) is 11.2. The SMILES string of the molecule is Cc1ccc(C)n1-c1ccc(OCc2ccc(C(=O)NN=Cc3ccc(-c4ccc(F)cc4)o3)o2)cc1. The van der Waals surface area contributed by atoms with E-state index in [1.165, 1.54) is 18.3 Å². The van der Waals surface area contributed by atoms with Crippen LogP contribution in [-0.4, -0.2) is 16.7 Å². The highest BCUT2D eigenvalue weighted by Crippen LogP contribution is 2.22. The van der Waals surface area contributed by atoms with Crippen molar-refractivity contribution < 1.29 is 22.8 Å². The quantitative estimate of drug-likeness (QED) is 0.198. The first kappa shape index (κ1) is 23.9. The number of hydrazone groups is 1. The maximum Gasteiger partial charge on any atom is 0.307 e. The summed E-state index contributed by atoms with van der Waals surface area (Å²) in [7, 11) is 0. The van der Waals surface area contributed by atoms with E-state index in [1.807, 2.05) is 24.3 Å². The Labute approximate surface area is 212 Å². The number of carbonyl (C=O) groups is 1. The Balaban J connectivity index is 1.13. The number of hydrogen-bond donors (Lipinski definition) is 1. The summed E-state index contributed by atoms with van der Waals surface area (Å²) in [5.41, 5.74) is 6.52. The summed E-state index contributed by atoms with van der Waals surface area (Å²) >= 11 is 0. The molecule has 0 bridgehead atoms. The Bertz CT molecular complexity index is 1520. The highest BCUT2D eigenvalue weighted by molar-refractivity contribution is 5.92. The van der Waals surface area contributed by atoms with Crippen LogP contribution in [0.1, 0.15) is 33.5 Å². The molecular weight excluding hydrogens is 473 g/mol. The summed E-state index contributed by atoms with van der Waals surface area (Å²) < 4.78 is 32.3. The van der Waals surface area contributed by atoms with Crippen LogP contribution in [0, 0.1) is 19.7 Å². The number of hydrogen-bond acceptors (Lipinski definition) is 5. The molecule has 0 aliphatic carbocycles. The van der Waals surface area contributed by atoms with Gasteiger partial charge in [0.1, 0.15) is 35.5 Å². The number of carbonyl (C=O) groups excluding carboxylic acids is 1. The number of ether oxygens (including phenoxy) is 1. The molecule has 0 spiro atoms. The van der Waals surface area contributed by atoms with Gasteiger partial charge >= 0.3 is 5.91 Å². The molecule has 0 aliphatic heterocycles. The molecule has 0 radical (unpaired) electrons. The smallest absolute Gasteiger partial charge is 0.307 e. The van der Waals surface area contributed by atoms with E-state index in [1.54, 1.807) is 36.4 Å². The van der Waals surface area contributed by atoms with Crippen molar-refractivity contribution in [2.24, 2.45) is 5.10 Å². The Morgan fingerprint density at radius 1 is 0.919 bits per heavy atom. The lowest BCUT2D eigenvalue weighted by Crippen LogP contribution is -2.16. The van der Waals surface area contributed by atoms with Gasteiger partial charge in [0, 0.05) is 22.6 Å². The first-order valence-corrected chi connectivity index (χ1v) is 11.6. The number of amides is 1. The van der Waals surface area contributed by atoms with Crippen molar-refractivity contribution in [2.75, 3.05) is 0 Å². The summed E-state index contributed by atoms with van der Waals surface area (Å²) in [5.74, 6) is 1.47. The number of aromatic nitrogens is 1. The van der Waals surface area contributed by atoms with Gasteiger partial charge in [-0.15, -0.1) is 0 Å². The van der Waals surface area contributed by atoms with E-state index >= 15 is 0 Å². The zero-order valence-electron chi connectivity index (χ0n) is 20.3. The second-order valence-corrected chi connectivity index (χ2v) is 8.41. The molecule has 7 nitrogen and oxygen atoms in total. The summed E-state index contributed by atoms with van der Waals surface area (Å²) in [6, 6.07) is 24.6. The highest BCUT2D eigenvalue weighted by Gasteiger charge is 2.11. The van der Waals surface area contributed by atoms with Crippen LogP contribution < -0.4 is 10.2 Å². The van der Waals surface area contributed by atoms with E-state index in [9.17, 15) is 9.18 Å². The molecule has 3 heterocycles. The molecule has 0 unspecified atom stereocenters. The minimum atomic E-state index is -0.505. The van der Waals surface area contributed by atoms with Crippen molar-refractivity contribution in [1.82, 2.24) is 9.99 Å². The first-order valence-electron chi connectivity index (χ1n) is 11.6. The van der Waals surface area contributed by atoms with Crippen LogP contribution in [0.4, 0.5) is 4.39 Å². The largest absolute Gasteiger partial charge is 0.486 e. The number of nitrogens with zero attached hydrogens (tertiary/aromatic N) is 2. The monoisotopic (exact) mass is 497 g/mol. The van der Waals surface area contributed by atoms with Gasteiger partial charge in [-0.2, -0.15) is 5.10 Å². The third-order valence-corrected chi connectivity index (χ3v) is 5.75. The third kappa shape index (κ3) is 5.54. The fourth-order valence-corrected chi connectivity index (χ4v) is 3.90. The standard InChI is InChI=1S/C29H24FN3O4/c1-19-3-4-20(2)33(19)23-9-11-24(12-10-23)35-18-26-14-16-28(37-26)29(34)32-31-17-25-13-15-27(36-25)21-5-7-22(30)8-6-21/h3-17H,18H2,1-2H3,(H,32,34). The van der Waals surface area contributed by atoms with Gasteiger partial charge in [-0.1, -0.05) is 0 Å². The van der Waals surface area contributed by atoms with Crippen molar-refractivity contribution in [1.29, 1.82) is 0 Å². The molecule has 1 N–H and O–H groups in total. The van der Waals surface area contributed by atoms with Crippen LogP contribution in [0.3, 0.4) is 0 Å². The average molecular weight is 498 g/mol. The third-order valence-electron chi connectivity index (χ3n) is 5.75. The van der Waals surface area contributed by atoms with E-state index in [4.69, 9.17) is 13.6 Å². The predicted molar refractivity (Wildman–Crippen MR) is 137 cm³/mol. The van der Waals surface area contributed by atoms with Crippen LogP contribution >= 0.6 is 0 Å². The molecule has 37 heavy (non-hydrogen) atoms. The van der Waals surface area contributed by atoms with E-state index < -0.39 is 5.91 Å². The van der Waals surface area contributed by atoms with E-state index in [2.05, 4.69) is 41.1 Å². The fourth-order valence-electron chi connectivity index (χ4n) is 3.90. The molecule has 0 saturated heterocycles. The second-order valence-electron chi connectivity index (χ2n) is 8.41. The lowest BCUT2D eigenvalue weighted by Gasteiger charge is -2.10. The molecule has 0 aliphatic rings. The molecule has 186 valence electrons. The molecule has 3 aromatic heterocycles. The van der Waals surface area contributed by atoms with E-state index in [0.717, 1.165) is 22.6 Å². The molecule has 1 amide bonds. The molecule has 5 rings (SSSR count). The van der Waals surface area contributed by atoms with Gasteiger partial charge in [-0.05, 0) is 98.8 Å². The van der Waals surface area contributed by atoms with Crippen LogP contribution in [0.2, 0.25) is 0 Å². The van der Waals surface area contributed by atoms with Gasteiger partial charge in [0.15, 0.2) is 5.76 Å². The zero-order chi connectivity index (χ0) is 25.8. The first-order chi connectivity index (χ1) is 18.0. The van der Waals surface area contributed by atoms with Crippen LogP contribution in [0.15, 0.2) is 98.9 Å². The van der Waals surface area contributed by atoms with Crippen molar-refractivity contribution in [3.63, 3.8) is 0 Å². The number of nitrogens with one attached hydrogen (secondary N) is 1. The van der Waals surface area contributed by atoms with Gasteiger partial charge in [0.25, 0.3) is 0 Å². The van der Waals surface area contributed by atoms with Crippen molar-refractivity contribution in [3.05, 3.63) is 119 Å². The fraction of sp³-hybridized carbons (Fsp3) is 0.103. The Morgan fingerprint density at radius 2 is 1.65 bits per heavy atom. The molecular formula is C29H24FN3O4. The van der Waals surface area contributed by atoms with E-state index in [0.29, 0.717) is 23.0 Å². The molecule has 0 atom stereocenters. The van der Waals surface area contributed by atoms with Gasteiger partial charge in [-0.25, -0.2) is 9.82 Å². The molecule has 0 fully saturated rings. The molecule has 5 aromatic rings. The van der Waals surface area contributed by atoms with Crippen LogP contribution in [0.25, 0.3) is 17.0 Å². The van der Waals surface area contributed by atoms with Crippen LogP contribution in [-0.2, 0) is 6.61 Å². The Hall–Kier alpha value is -4.85. The van der Waals surface area contributed by atoms with Crippen molar-refractivity contribution in [2.45, 2.75) is 20.5 Å². The number of aryl methyl sites for hydroxylation is 2. The molecule has 8 heteroatoms. The zero-order valence-corrected chi connectivity index (χ0v) is 20.3. The number of halogens is 1. The summed E-state index contributed by atoms with van der Waals surface area (Å²) in [4.78, 5) is 12.4. The lowest BCUT2D eigenvalue weighted by atomic mass is 10.2. The summed E-state index contributed by atoms with van der Waals surface area (Å²) in [5, 5.41) is 3.91. The summed E-state index contributed by atoms with van der Waals surface area (Å²) in [6.45, 7) is 4.31. The number of rotatable bonds is 8. The predicted octanol–water partition coefficient (Wildman–Crippen LogP) is 6.43. The van der Waals surface area contributed by atoms with Gasteiger partial charge in [0.2, 0.25) is 0 Å². The topological polar surface area (TPSA) is 81.9 Å². The maximum atomic E-state index is 13.1. The lowest BCUT2D eigenvalue weighted by molar-refractivity contribution is 0.0923. The number of furan rings is 2. The van der Waals surface area contributed by atoms with Gasteiger partial charge < -0.3 is 18.1 Å². The Morgan fingerprint density at radius 3 is 2.38 bits per heavy atom. The van der Waals surface area contributed by atoms with Crippen molar-refractivity contribution >= 4 is 12.1 Å². The van der Waals surface area contributed by atoms with Gasteiger partial charge in [0.05, 0.1) is 6.21 Å². The molecule has 0 saturated carbocycles. The number of benzene rings is 2. The Kier molecular flexibility index (Phi) is 6.72. The maximum absolute atomic E-state index is 13.1. The van der Waals surface area contributed by atoms with E-state index in [-0.39, 0.29) is 18.2 Å². The minimum Gasteiger partial charge on any atom is -0.486 e. The van der Waals surface area contributed by atoms with Crippen LogP contribution in [0.5, 0.6) is 5.75 Å². The average Bonchev–Trinajstić information content (AvgIpc) is 3.64. The second kappa shape index (κ2) is 10.4. The highest BCUT2D eigenvalue weighted by atomic mass is 19.1. The van der Waals surface area contributed by atoms with Gasteiger partial charge in [-0.3, -0.25) is 4.79 Å². The minimum absolute atomic E-state index is 0.108. The summed E-state index contributed by atoms with van der Waals surface area (Å²) in [6.07, 6.45) is 1.37.